The Morgan fingerprint density at radius 3 is 0.722 bits per heavy atom. The van der Waals surface area contributed by atoms with Crippen molar-refractivity contribution in [1.29, 1.82) is 0 Å². The Morgan fingerprint density at radius 1 is 0.389 bits per heavy atom. The molecule has 0 N–H and O–H groups in total. The number of rotatable bonds is 0. The molecule has 0 aliphatic heterocycles. The Morgan fingerprint density at radius 2 is 0.556 bits per heavy atom. The molecule has 0 heterocycles. The van der Waals surface area contributed by atoms with Crippen LogP contribution in [0.5, 0.6) is 0 Å². The Balaban J connectivity index is 3.72. The molecule has 1 rings (SSSR count). The molecule has 0 radical (unpaired) electrons. The molecule has 0 nitrogen and oxygen atoms in total. The summed E-state index contributed by atoms with van der Waals surface area (Å²) in [7, 11) is 0. The molecular formula is C6Cl2F10. The van der Waals surface area contributed by atoms with E-state index in [-0.39, 0.29) is 0 Å². The third kappa shape index (κ3) is 1.21. The second kappa shape index (κ2) is 3.31. The average molecular weight is 333 g/mol. The lowest BCUT2D eigenvalue weighted by molar-refractivity contribution is -0.437. The molecule has 0 aromatic heterocycles. The first kappa shape index (κ1) is 15.9. The molecule has 1 saturated carbocycles. The van der Waals surface area contributed by atoms with Gasteiger partial charge in [-0.1, -0.05) is 23.2 Å². The minimum absolute atomic E-state index is 3.93. The van der Waals surface area contributed by atoms with Gasteiger partial charge in [0.2, 0.25) is 0 Å². The molecular weight excluding hydrogens is 333 g/mol. The van der Waals surface area contributed by atoms with E-state index in [0.717, 1.165) is 0 Å². The molecule has 1 aliphatic carbocycles. The first-order chi connectivity index (χ1) is 7.50. The highest BCUT2D eigenvalue weighted by Gasteiger charge is 3.00. The van der Waals surface area contributed by atoms with E-state index >= 15 is 0 Å². The molecule has 18 heavy (non-hydrogen) atoms. The first-order valence-corrected chi connectivity index (χ1v) is 4.52. The summed E-state index contributed by atoms with van der Waals surface area (Å²) in [5.41, 5.74) is 0. The maximum atomic E-state index is 13.0. The summed E-state index contributed by atoms with van der Waals surface area (Å²) in [5.74, 6) is -27.3. The molecule has 1 fully saturated rings. The average Bonchev–Trinajstić information content (AvgIpc) is 2.14. The predicted octanol–water partition coefficient (Wildman–Crippen LogP) is 4.35. The van der Waals surface area contributed by atoms with Crippen molar-refractivity contribution in [3.8, 4) is 0 Å². The zero-order chi connectivity index (χ0) is 15.0. The highest BCUT2D eigenvalue weighted by molar-refractivity contribution is 6.34. The van der Waals surface area contributed by atoms with Gasteiger partial charge in [0.25, 0.3) is 0 Å². The minimum atomic E-state index is -6.95. The van der Waals surface area contributed by atoms with Gasteiger partial charge in [0.15, 0.2) is 0 Å². The van der Waals surface area contributed by atoms with E-state index in [4.69, 9.17) is 0 Å². The monoisotopic (exact) mass is 332 g/mol. The van der Waals surface area contributed by atoms with Crippen LogP contribution in [-0.2, 0) is 0 Å². The van der Waals surface area contributed by atoms with Crippen LogP contribution in [0, 0.1) is 0 Å². The van der Waals surface area contributed by atoms with Crippen molar-refractivity contribution in [2.75, 3.05) is 0 Å². The van der Waals surface area contributed by atoms with Gasteiger partial charge in [-0.15, -0.1) is 0 Å². The van der Waals surface area contributed by atoms with E-state index < -0.39 is 33.9 Å². The zero-order valence-electron chi connectivity index (χ0n) is 7.54. The molecule has 0 saturated heterocycles. The normalized spacial score (nSPS) is 44.7. The molecule has 2 atom stereocenters. The van der Waals surface area contributed by atoms with E-state index in [0.29, 0.717) is 0 Å². The van der Waals surface area contributed by atoms with Crippen LogP contribution in [0.25, 0.3) is 0 Å². The third-order valence-corrected chi connectivity index (χ3v) is 3.46. The number of alkyl halides is 12. The maximum absolute atomic E-state index is 13.0. The maximum Gasteiger partial charge on any atom is 0.383 e. The van der Waals surface area contributed by atoms with Gasteiger partial charge in [0, 0.05) is 0 Å². The van der Waals surface area contributed by atoms with Gasteiger partial charge in [-0.25, -0.2) is 8.78 Å². The van der Waals surface area contributed by atoms with Crippen molar-refractivity contribution in [2.45, 2.75) is 33.9 Å². The second-order valence-electron chi connectivity index (χ2n) is 3.45. The highest BCUT2D eigenvalue weighted by atomic mass is 35.5. The van der Waals surface area contributed by atoms with Crippen molar-refractivity contribution in [1.82, 2.24) is 0 Å². The van der Waals surface area contributed by atoms with E-state index in [1.807, 2.05) is 0 Å². The quantitative estimate of drug-likeness (QED) is 0.457. The lowest BCUT2D eigenvalue weighted by atomic mass is 9.82. The topological polar surface area (TPSA) is 0 Å². The smallest absolute Gasteiger partial charge is 0.214 e. The fraction of sp³-hybridized carbons (Fsp3) is 1.00. The van der Waals surface area contributed by atoms with Gasteiger partial charge in [0.1, 0.15) is 0 Å². The van der Waals surface area contributed by atoms with Crippen molar-refractivity contribution in [3.63, 3.8) is 0 Å². The second-order valence-corrected chi connectivity index (χ2v) is 4.49. The molecule has 12 heteroatoms. The molecule has 0 aromatic rings. The zero-order valence-corrected chi connectivity index (χ0v) is 9.05. The first-order valence-electron chi connectivity index (χ1n) is 3.77. The summed E-state index contributed by atoms with van der Waals surface area (Å²) < 4.78 is 127. The predicted molar refractivity (Wildman–Crippen MR) is 39.2 cm³/mol. The Hall–Kier alpha value is -0.120. The van der Waals surface area contributed by atoms with Crippen LogP contribution in [0.1, 0.15) is 0 Å². The fourth-order valence-electron chi connectivity index (χ4n) is 1.18. The largest absolute Gasteiger partial charge is 0.383 e. The Kier molecular flexibility index (Phi) is 2.93. The summed E-state index contributed by atoms with van der Waals surface area (Å²) in [5, 5.41) is -11.9. The van der Waals surface area contributed by atoms with Crippen LogP contribution in [-0.4, -0.2) is 33.9 Å². The summed E-state index contributed by atoms with van der Waals surface area (Å²) in [4.78, 5) is 0. The summed E-state index contributed by atoms with van der Waals surface area (Å²) in [6.45, 7) is 0. The summed E-state index contributed by atoms with van der Waals surface area (Å²) in [6.07, 6.45) is 0. The van der Waals surface area contributed by atoms with Gasteiger partial charge in [-0.2, -0.15) is 35.1 Å². The van der Waals surface area contributed by atoms with Crippen molar-refractivity contribution in [3.05, 3.63) is 0 Å². The van der Waals surface area contributed by atoms with E-state index in [2.05, 4.69) is 23.2 Å². The molecule has 0 aromatic carbocycles. The van der Waals surface area contributed by atoms with Gasteiger partial charge in [-0.05, 0) is 0 Å². The number of hydrogen-bond donors (Lipinski definition) is 0. The van der Waals surface area contributed by atoms with Crippen molar-refractivity contribution in [2.24, 2.45) is 0 Å². The molecule has 1 aliphatic rings. The standard InChI is InChI=1S/C6Cl2F10/c7-1(9)2(8,10)4(13,14)6(17,18)5(15,16)3(1,11)12/t1-,2+. The van der Waals surface area contributed by atoms with Gasteiger partial charge in [0.05, 0.1) is 0 Å². The van der Waals surface area contributed by atoms with E-state index in [1.165, 1.54) is 0 Å². The van der Waals surface area contributed by atoms with Crippen LogP contribution in [0.4, 0.5) is 43.9 Å². The molecule has 0 bridgehead atoms. The molecule has 108 valence electrons. The van der Waals surface area contributed by atoms with Gasteiger partial charge < -0.3 is 0 Å². The number of hydrogen-bond acceptors (Lipinski definition) is 0. The van der Waals surface area contributed by atoms with Gasteiger partial charge in [-0.3, -0.25) is 0 Å². The number of halogens is 12. The van der Waals surface area contributed by atoms with Crippen molar-refractivity contribution >= 4 is 23.2 Å². The van der Waals surface area contributed by atoms with Crippen LogP contribution in [0.2, 0.25) is 0 Å². The third-order valence-electron chi connectivity index (χ3n) is 2.37. The molecule has 0 spiro atoms. The summed E-state index contributed by atoms with van der Waals surface area (Å²) >= 11 is 7.87. The van der Waals surface area contributed by atoms with Gasteiger partial charge >= 0.3 is 33.9 Å². The molecule has 0 amide bonds. The van der Waals surface area contributed by atoms with E-state index in [1.54, 1.807) is 0 Å². The van der Waals surface area contributed by atoms with Crippen LogP contribution >= 0.6 is 23.2 Å². The Labute approximate surface area is 102 Å². The lowest BCUT2D eigenvalue weighted by Crippen LogP contribution is -2.81. The fourth-order valence-corrected chi connectivity index (χ4v) is 1.66. The van der Waals surface area contributed by atoms with Crippen LogP contribution < -0.4 is 0 Å². The SMILES string of the molecule is FC1(F)C(F)(F)C(F)(F)[C@@](F)(Cl)[C@@](F)(Cl)C1(F)F. The van der Waals surface area contributed by atoms with Crippen LogP contribution in [0.15, 0.2) is 0 Å². The molecule has 0 unspecified atom stereocenters. The Bertz CT molecular complexity index is 256. The highest BCUT2D eigenvalue weighted by Crippen LogP contribution is 2.71. The summed E-state index contributed by atoms with van der Waals surface area (Å²) in [6, 6.07) is 0. The van der Waals surface area contributed by atoms with Crippen LogP contribution in [0.3, 0.4) is 0 Å². The lowest BCUT2D eigenvalue weighted by Gasteiger charge is -2.51. The minimum Gasteiger partial charge on any atom is -0.214 e. The van der Waals surface area contributed by atoms with Crippen molar-refractivity contribution < 1.29 is 43.9 Å². The van der Waals surface area contributed by atoms with E-state index in [9.17, 15) is 43.9 Å².